The molecule has 20 heavy (non-hydrogen) atoms. The van der Waals surface area contributed by atoms with E-state index in [0.717, 1.165) is 5.69 Å². The number of hydrogen-bond acceptors (Lipinski definition) is 5. The van der Waals surface area contributed by atoms with E-state index in [4.69, 9.17) is 17.4 Å². The number of carbonyl (C=O) groups is 1. The number of nitrogens with two attached hydrogens (primary N) is 1. The molecule has 0 unspecified atom stereocenters. The molecule has 1 heterocycles. The summed E-state index contributed by atoms with van der Waals surface area (Å²) in [6.07, 6.45) is 0. The van der Waals surface area contributed by atoms with E-state index in [0.29, 0.717) is 27.3 Å². The third-order valence-corrected chi connectivity index (χ3v) is 3.73. The number of nitrogens with one attached hydrogen (secondary N) is 2. The van der Waals surface area contributed by atoms with Crippen LogP contribution >= 0.6 is 22.9 Å². The Morgan fingerprint density at radius 2 is 2.20 bits per heavy atom. The van der Waals surface area contributed by atoms with Crippen molar-refractivity contribution in [1.29, 1.82) is 0 Å². The average Bonchev–Trinajstić information content (AvgIpc) is 2.87. The quantitative estimate of drug-likeness (QED) is 0.597. The second-order valence-corrected chi connectivity index (χ2v) is 5.82. The van der Waals surface area contributed by atoms with Gasteiger partial charge in [0.05, 0.1) is 16.9 Å². The Bertz CT molecular complexity index is 627. The van der Waals surface area contributed by atoms with Crippen LogP contribution in [0.4, 0.5) is 10.8 Å². The Kier molecular flexibility index (Phi) is 4.59. The molecule has 1 aromatic carbocycles. The molecule has 5 nitrogen and oxygen atoms in total. The fourth-order valence-corrected chi connectivity index (χ4v) is 2.64. The molecule has 0 spiro atoms. The van der Waals surface area contributed by atoms with E-state index in [-0.39, 0.29) is 5.91 Å². The first-order valence-corrected chi connectivity index (χ1v) is 7.30. The monoisotopic (exact) mass is 310 g/mol. The number of aromatic nitrogens is 1. The number of benzene rings is 1. The smallest absolute Gasteiger partial charge is 0.259 e. The van der Waals surface area contributed by atoms with E-state index in [9.17, 15) is 4.79 Å². The van der Waals surface area contributed by atoms with Crippen molar-refractivity contribution >= 4 is 39.7 Å². The minimum absolute atomic E-state index is 0.301. The Morgan fingerprint density at radius 3 is 2.80 bits per heavy atom. The first-order chi connectivity index (χ1) is 9.51. The van der Waals surface area contributed by atoms with E-state index in [1.807, 2.05) is 19.2 Å². The van der Waals surface area contributed by atoms with Crippen LogP contribution in [0.5, 0.6) is 0 Å². The number of carbonyl (C=O) groups excluding carboxylic acids is 1. The van der Waals surface area contributed by atoms with Gasteiger partial charge in [0.15, 0.2) is 5.13 Å². The highest BCUT2D eigenvalue weighted by molar-refractivity contribution is 7.14. The van der Waals surface area contributed by atoms with Crippen LogP contribution in [0.2, 0.25) is 5.02 Å². The maximum atomic E-state index is 12.2. The molecule has 4 N–H and O–H groups in total. The van der Waals surface area contributed by atoms with Gasteiger partial charge in [-0.3, -0.25) is 16.0 Å². The van der Waals surface area contributed by atoms with Crippen molar-refractivity contribution in [2.45, 2.75) is 19.8 Å². The Labute approximate surface area is 126 Å². The van der Waals surface area contributed by atoms with E-state index >= 15 is 0 Å². The van der Waals surface area contributed by atoms with Gasteiger partial charge in [0.1, 0.15) is 0 Å². The molecule has 2 aromatic rings. The summed E-state index contributed by atoms with van der Waals surface area (Å²) in [7, 11) is 0. The number of anilines is 2. The van der Waals surface area contributed by atoms with Crippen LogP contribution in [0.3, 0.4) is 0 Å². The molecule has 0 radical (unpaired) electrons. The van der Waals surface area contributed by atoms with Crippen molar-refractivity contribution in [2.75, 3.05) is 10.7 Å². The third kappa shape index (κ3) is 3.27. The highest BCUT2D eigenvalue weighted by Crippen LogP contribution is 2.24. The van der Waals surface area contributed by atoms with Crippen molar-refractivity contribution in [3.05, 3.63) is 39.9 Å². The van der Waals surface area contributed by atoms with Crippen molar-refractivity contribution < 1.29 is 4.79 Å². The first kappa shape index (κ1) is 14.8. The second kappa shape index (κ2) is 6.21. The molecule has 0 aliphatic carbocycles. The van der Waals surface area contributed by atoms with Crippen LogP contribution in [-0.4, -0.2) is 10.9 Å². The molecule has 0 saturated heterocycles. The van der Waals surface area contributed by atoms with Crippen molar-refractivity contribution in [1.82, 2.24) is 4.98 Å². The summed E-state index contributed by atoms with van der Waals surface area (Å²) in [6, 6.07) is 4.87. The summed E-state index contributed by atoms with van der Waals surface area (Å²) in [6.45, 7) is 4.10. The Balaban J connectivity index is 2.21. The number of thiazole rings is 1. The van der Waals surface area contributed by atoms with Gasteiger partial charge in [-0.15, -0.1) is 11.3 Å². The first-order valence-electron chi connectivity index (χ1n) is 6.04. The van der Waals surface area contributed by atoms with Gasteiger partial charge in [0.2, 0.25) is 0 Å². The predicted molar refractivity (Wildman–Crippen MR) is 83.4 cm³/mol. The molecule has 0 saturated carbocycles. The number of hydrazine groups is 1. The van der Waals surface area contributed by atoms with Crippen molar-refractivity contribution in [2.24, 2.45) is 5.84 Å². The number of nitrogen functional groups attached to an aromatic ring is 1. The van der Waals surface area contributed by atoms with E-state index in [2.05, 4.69) is 15.7 Å². The van der Waals surface area contributed by atoms with Crippen LogP contribution < -0.4 is 16.6 Å². The van der Waals surface area contributed by atoms with Crippen molar-refractivity contribution in [3.8, 4) is 0 Å². The highest BCUT2D eigenvalue weighted by atomic mass is 35.5. The lowest BCUT2D eigenvalue weighted by Gasteiger charge is -2.08. The number of hydrogen-bond donors (Lipinski definition) is 3. The molecule has 0 atom stereocenters. The zero-order valence-electron chi connectivity index (χ0n) is 11.1. The molecule has 7 heteroatoms. The third-order valence-electron chi connectivity index (χ3n) is 2.72. The van der Waals surface area contributed by atoms with E-state index < -0.39 is 0 Å². The summed E-state index contributed by atoms with van der Waals surface area (Å²) in [5, 5.41) is 5.71. The largest absolute Gasteiger partial charge is 0.323 e. The zero-order valence-corrected chi connectivity index (χ0v) is 12.7. The molecule has 106 valence electrons. The van der Waals surface area contributed by atoms with E-state index in [1.165, 1.54) is 11.3 Å². The summed E-state index contributed by atoms with van der Waals surface area (Å²) in [4.78, 5) is 16.6. The van der Waals surface area contributed by atoms with Gasteiger partial charge in [0.25, 0.3) is 5.91 Å². The number of halogens is 1. The number of rotatable bonds is 4. The van der Waals surface area contributed by atoms with Gasteiger partial charge in [-0.1, -0.05) is 25.4 Å². The molecule has 0 fully saturated rings. The van der Waals surface area contributed by atoms with Crippen molar-refractivity contribution in [3.63, 3.8) is 0 Å². The minimum atomic E-state index is -0.301. The minimum Gasteiger partial charge on any atom is -0.323 e. The Morgan fingerprint density at radius 1 is 1.45 bits per heavy atom. The predicted octanol–water partition coefficient (Wildman–Crippen LogP) is 3.46. The van der Waals surface area contributed by atoms with E-state index in [1.54, 1.807) is 18.2 Å². The Hall–Kier alpha value is -1.63. The molecule has 0 aliphatic rings. The maximum Gasteiger partial charge on any atom is 0.259 e. The molecule has 0 aliphatic heterocycles. The summed E-state index contributed by atoms with van der Waals surface area (Å²) < 4.78 is 0. The average molecular weight is 311 g/mol. The van der Waals surface area contributed by atoms with Gasteiger partial charge in [-0.25, -0.2) is 4.98 Å². The fourth-order valence-electron chi connectivity index (χ4n) is 1.60. The molecular weight excluding hydrogens is 296 g/mol. The lowest BCUT2D eigenvalue weighted by Crippen LogP contribution is -2.17. The molecule has 1 amide bonds. The second-order valence-electron chi connectivity index (χ2n) is 4.52. The zero-order chi connectivity index (χ0) is 14.7. The number of nitrogens with zero attached hydrogens (tertiary/aromatic N) is 1. The normalized spacial score (nSPS) is 10.7. The summed E-state index contributed by atoms with van der Waals surface area (Å²) >= 11 is 7.30. The van der Waals surface area contributed by atoms with Crippen LogP contribution in [-0.2, 0) is 0 Å². The molecule has 0 bridgehead atoms. The molecular formula is C13H15ClN4OS. The molecule has 1 aromatic heterocycles. The summed E-state index contributed by atoms with van der Waals surface area (Å²) in [5.41, 5.74) is 4.31. The van der Waals surface area contributed by atoms with Gasteiger partial charge in [-0.05, 0) is 24.1 Å². The van der Waals surface area contributed by atoms with Gasteiger partial charge in [0, 0.05) is 10.4 Å². The lowest BCUT2D eigenvalue weighted by molar-refractivity contribution is 0.102. The maximum absolute atomic E-state index is 12.2. The topological polar surface area (TPSA) is 80.0 Å². The lowest BCUT2D eigenvalue weighted by atomic mass is 10.1. The van der Waals surface area contributed by atoms with Gasteiger partial charge >= 0.3 is 0 Å². The van der Waals surface area contributed by atoms with Gasteiger partial charge < -0.3 is 5.43 Å². The molecule has 2 rings (SSSR count). The number of amides is 1. The van der Waals surface area contributed by atoms with Crippen LogP contribution in [0, 0.1) is 0 Å². The van der Waals surface area contributed by atoms with Crippen LogP contribution in [0.1, 0.15) is 35.8 Å². The standard InChI is InChI=1S/C13H15ClN4OS/c1-7(2)11-6-20-13(16-11)17-12(19)9-5-8(14)3-4-10(9)18-15/h3-7,18H,15H2,1-2H3,(H,16,17,19). The SMILES string of the molecule is CC(C)c1csc(NC(=O)c2cc(Cl)ccc2NN)n1. The van der Waals surface area contributed by atoms with Crippen LogP contribution in [0.15, 0.2) is 23.6 Å². The highest BCUT2D eigenvalue weighted by Gasteiger charge is 2.14. The summed E-state index contributed by atoms with van der Waals surface area (Å²) in [5.74, 6) is 5.41. The fraction of sp³-hybridized carbons (Fsp3) is 0.231. The van der Waals surface area contributed by atoms with Gasteiger partial charge in [-0.2, -0.15) is 0 Å². The van der Waals surface area contributed by atoms with Crippen LogP contribution in [0.25, 0.3) is 0 Å².